The highest BCUT2D eigenvalue weighted by molar-refractivity contribution is 6.04. The van der Waals surface area contributed by atoms with Gasteiger partial charge in [0.25, 0.3) is 5.91 Å². The second-order valence-corrected chi connectivity index (χ2v) is 13.7. The number of rotatable bonds is 23. The Morgan fingerprint density at radius 3 is 1.59 bits per heavy atom. The van der Waals surface area contributed by atoms with Crippen molar-refractivity contribution in [3.8, 4) is 11.5 Å². The van der Waals surface area contributed by atoms with Gasteiger partial charge in [-0.05, 0) is 86.1 Å². The van der Waals surface area contributed by atoms with Crippen LogP contribution in [0.3, 0.4) is 0 Å². The van der Waals surface area contributed by atoms with Crippen molar-refractivity contribution in [2.75, 3.05) is 37.9 Å². The predicted molar refractivity (Wildman–Crippen MR) is 226 cm³/mol. The Bertz CT molecular complexity index is 2090. The van der Waals surface area contributed by atoms with Gasteiger partial charge in [-0.3, -0.25) is 14.4 Å². The van der Waals surface area contributed by atoms with Gasteiger partial charge in [0.15, 0.2) is 0 Å². The number of carboxylic acids is 1. The van der Waals surface area contributed by atoms with Crippen molar-refractivity contribution in [2.45, 2.75) is 63.8 Å². The molecule has 5 amide bonds. The van der Waals surface area contributed by atoms with Crippen LogP contribution in [0.15, 0.2) is 97.1 Å². The first-order chi connectivity index (χ1) is 29.5. The number of nitrogens with two attached hydrogens (primary N) is 1. The molecule has 0 bridgehead atoms. The number of benzene rings is 4. The van der Waals surface area contributed by atoms with Crippen molar-refractivity contribution in [3.63, 3.8) is 0 Å². The number of carbonyl (C=O) groups is 6. The normalized spacial score (nSPS) is 11.5. The van der Waals surface area contributed by atoms with Crippen LogP contribution in [0, 0.1) is 0 Å². The van der Waals surface area contributed by atoms with Crippen LogP contribution in [-0.4, -0.2) is 80.4 Å². The summed E-state index contributed by atoms with van der Waals surface area (Å²) in [5.74, 6) is -2.85. The number of carboxylic acid groups (broad SMARTS) is 1. The number of ether oxygens (including phenoxy) is 4. The van der Waals surface area contributed by atoms with E-state index in [9.17, 15) is 33.9 Å². The molecular formula is C44H52N6O11. The molecular weight excluding hydrogens is 789 g/mol. The average molecular weight is 841 g/mol. The summed E-state index contributed by atoms with van der Waals surface area (Å²) in [6.07, 6.45) is 1.18. The first-order valence-corrected chi connectivity index (χ1v) is 19.6. The van der Waals surface area contributed by atoms with E-state index in [2.05, 4.69) is 26.6 Å². The summed E-state index contributed by atoms with van der Waals surface area (Å²) < 4.78 is 21.0. The zero-order valence-electron chi connectivity index (χ0n) is 34.1. The minimum Gasteiger partial charge on any atom is -0.496 e. The maximum Gasteiger partial charge on any atom is 0.407 e. The molecule has 0 aliphatic carbocycles. The molecule has 17 heteroatoms. The van der Waals surface area contributed by atoms with Crippen LogP contribution < -0.4 is 41.8 Å². The Labute approximate surface area is 353 Å². The van der Waals surface area contributed by atoms with E-state index in [1.807, 2.05) is 60.7 Å². The summed E-state index contributed by atoms with van der Waals surface area (Å²) in [7, 11) is 2.69. The zero-order valence-corrected chi connectivity index (χ0v) is 34.1. The number of alkyl carbamates (subject to hydrolysis) is 2. The first kappa shape index (κ1) is 46.5. The summed E-state index contributed by atoms with van der Waals surface area (Å²) in [5, 5.41) is 23.1. The molecule has 324 valence electrons. The summed E-state index contributed by atoms with van der Waals surface area (Å²) in [6, 6.07) is 25.0. The van der Waals surface area contributed by atoms with Crippen LogP contribution in [0.25, 0.3) is 0 Å². The van der Waals surface area contributed by atoms with Gasteiger partial charge in [0, 0.05) is 24.5 Å². The Kier molecular flexibility index (Phi) is 18.9. The molecule has 4 aromatic rings. The van der Waals surface area contributed by atoms with E-state index in [1.54, 1.807) is 0 Å². The van der Waals surface area contributed by atoms with Gasteiger partial charge >= 0.3 is 18.2 Å². The maximum atomic E-state index is 13.8. The van der Waals surface area contributed by atoms with Crippen molar-refractivity contribution >= 4 is 47.3 Å². The van der Waals surface area contributed by atoms with Gasteiger partial charge < -0.3 is 56.4 Å². The van der Waals surface area contributed by atoms with Gasteiger partial charge in [0.2, 0.25) is 11.8 Å². The van der Waals surface area contributed by atoms with Crippen LogP contribution in [-0.2, 0) is 32.3 Å². The van der Waals surface area contributed by atoms with Crippen LogP contribution >= 0.6 is 0 Å². The Hall–Kier alpha value is -7.14. The topological polar surface area (TPSA) is 246 Å². The number of carbonyl (C=O) groups excluding carboxylic acids is 5. The van der Waals surface area contributed by atoms with Gasteiger partial charge in [-0.25, -0.2) is 14.4 Å². The fourth-order valence-corrected chi connectivity index (χ4v) is 5.91. The van der Waals surface area contributed by atoms with Crippen molar-refractivity contribution in [3.05, 3.63) is 119 Å². The molecule has 4 rings (SSSR count). The van der Waals surface area contributed by atoms with E-state index in [-0.39, 0.29) is 60.2 Å². The first-order valence-electron chi connectivity index (χ1n) is 19.6. The fraction of sp³-hybridized carbons (Fsp3) is 0.318. The van der Waals surface area contributed by atoms with Crippen LogP contribution in [0.1, 0.15) is 70.4 Å². The standard InChI is InChI=1S/C44H52N6O11/c1-58-37-21-19-31(48-40(52)35(45)17-9-11-23-46-43(56)60-27-29-13-5-3-6-14-29)25-33(37)39(51)50-36(41(53)49-32-20-22-38(59-2)34(26-32)42(54)55)18-10-12-24-47-44(57)61-28-30-15-7-4-8-16-30/h3-8,13-16,19-22,25-26,35-36H,9-12,17-18,23-24,27-28,45H2,1-2H3,(H,46,56)(H,47,57)(H,48,52)(H,49,53)(H,50,51)(H,54,55)/t35-,36-/m0/s1. The van der Waals surface area contributed by atoms with Crippen LogP contribution in [0.4, 0.5) is 21.0 Å². The quantitative estimate of drug-likeness (QED) is 0.0452. The molecule has 0 saturated heterocycles. The minimum absolute atomic E-state index is 0.0114. The summed E-state index contributed by atoms with van der Waals surface area (Å²) >= 11 is 0. The van der Waals surface area contributed by atoms with Gasteiger partial charge in [-0.2, -0.15) is 0 Å². The van der Waals surface area contributed by atoms with E-state index >= 15 is 0 Å². The number of hydrogen-bond donors (Lipinski definition) is 7. The SMILES string of the molecule is COc1ccc(NC(=O)[C@H](CCCCNC(=O)OCc2ccccc2)NC(=O)c2cc(NC(=O)[C@@H](N)CCCCNC(=O)OCc3ccccc3)ccc2OC)cc1C(=O)O. The number of hydrogen-bond acceptors (Lipinski definition) is 11. The molecule has 0 aliphatic heterocycles. The van der Waals surface area contributed by atoms with Crippen molar-refractivity contribution in [1.82, 2.24) is 16.0 Å². The molecule has 8 N–H and O–H groups in total. The molecule has 0 heterocycles. The molecule has 0 fully saturated rings. The van der Waals surface area contributed by atoms with Gasteiger partial charge in [0.1, 0.15) is 36.3 Å². The molecule has 4 aromatic carbocycles. The number of anilines is 2. The van der Waals surface area contributed by atoms with Crippen LogP contribution in [0.2, 0.25) is 0 Å². The number of methoxy groups -OCH3 is 2. The lowest BCUT2D eigenvalue weighted by Gasteiger charge is -2.20. The Balaban J connectivity index is 1.33. The third-order valence-electron chi connectivity index (χ3n) is 9.19. The highest BCUT2D eigenvalue weighted by Crippen LogP contribution is 2.25. The summed E-state index contributed by atoms with van der Waals surface area (Å²) in [4.78, 5) is 76.5. The van der Waals surface area contributed by atoms with E-state index in [0.717, 1.165) is 11.1 Å². The number of amides is 5. The predicted octanol–water partition coefficient (Wildman–Crippen LogP) is 5.60. The Morgan fingerprint density at radius 1 is 0.607 bits per heavy atom. The lowest BCUT2D eigenvalue weighted by atomic mass is 10.1. The third-order valence-corrected chi connectivity index (χ3v) is 9.19. The average Bonchev–Trinajstić information content (AvgIpc) is 3.27. The van der Waals surface area contributed by atoms with E-state index in [1.165, 1.54) is 50.6 Å². The second-order valence-electron chi connectivity index (χ2n) is 13.7. The smallest absolute Gasteiger partial charge is 0.407 e. The lowest BCUT2D eigenvalue weighted by Crippen LogP contribution is -2.44. The van der Waals surface area contributed by atoms with E-state index < -0.39 is 48.0 Å². The van der Waals surface area contributed by atoms with Crippen LogP contribution in [0.5, 0.6) is 11.5 Å². The van der Waals surface area contributed by atoms with Gasteiger partial charge in [0.05, 0.1) is 25.8 Å². The number of nitrogens with one attached hydrogen (secondary N) is 5. The molecule has 0 spiro atoms. The largest absolute Gasteiger partial charge is 0.496 e. The van der Waals surface area contributed by atoms with Crippen molar-refractivity contribution < 1.29 is 52.8 Å². The molecule has 61 heavy (non-hydrogen) atoms. The highest BCUT2D eigenvalue weighted by atomic mass is 16.6. The monoisotopic (exact) mass is 840 g/mol. The third kappa shape index (κ3) is 15.9. The number of aromatic carboxylic acids is 1. The fourth-order valence-electron chi connectivity index (χ4n) is 5.91. The summed E-state index contributed by atoms with van der Waals surface area (Å²) in [5.41, 5.74) is 8.10. The van der Waals surface area contributed by atoms with E-state index in [0.29, 0.717) is 38.6 Å². The van der Waals surface area contributed by atoms with Crippen molar-refractivity contribution in [2.24, 2.45) is 5.73 Å². The van der Waals surface area contributed by atoms with E-state index in [4.69, 9.17) is 24.7 Å². The summed E-state index contributed by atoms with van der Waals surface area (Å²) in [6.45, 7) is 0.821. The molecule has 0 unspecified atom stereocenters. The second kappa shape index (κ2) is 24.7. The Morgan fingerprint density at radius 2 is 1.08 bits per heavy atom. The minimum atomic E-state index is -1.26. The van der Waals surface area contributed by atoms with Crippen molar-refractivity contribution in [1.29, 1.82) is 0 Å². The maximum absolute atomic E-state index is 13.8. The molecule has 0 aliphatic rings. The van der Waals surface area contributed by atoms with Gasteiger partial charge in [-0.15, -0.1) is 0 Å². The lowest BCUT2D eigenvalue weighted by molar-refractivity contribution is -0.118. The molecule has 17 nitrogen and oxygen atoms in total. The van der Waals surface area contributed by atoms with Gasteiger partial charge in [-0.1, -0.05) is 60.7 Å². The number of unbranched alkanes of at least 4 members (excludes halogenated alkanes) is 2. The molecule has 0 radical (unpaired) electrons. The molecule has 0 saturated carbocycles. The highest BCUT2D eigenvalue weighted by Gasteiger charge is 2.25. The molecule has 0 aromatic heterocycles. The molecule has 2 atom stereocenters. The zero-order chi connectivity index (χ0) is 44.0.